The minimum Gasteiger partial charge on any atom is -0.291 e. The molecule has 0 amide bonds. The highest BCUT2D eigenvalue weighted by Crippen LogP contribution is 2.41. The fourth-order valence-electron chi connectivity index (χ4n) is 3.32. The van der Waals surface area contributed by atoms with Gasteiger partial charge in [0, 0.05) is 0 Å². The number of benzene rings is 1. The third-order valence-electron chi connectivity index (χ3n) is 4.48. The van der Waals surface area contributed by atoms with Gasteiger partial charge in [-0.15, -0.1) is 0 Å². The maximum atomic E-state index is 13.5. The van der Waals surface area contributed by atoms with Crippen molar-refractivity contribution in [3.63, 3.8) is 0 Å². The van der Waals surface area contributed by atoms with Crippen molar-refractivity contribution in [2.75, 3.05) is 0 Å². The van der Waals surface area contributed by atoms with Crippen LogP contribution in [0.2, 0.25) is 0 Å². The fourth-order valence-corrected chi connectivity index (χ4v) is 3.32. The summed E-state index contributed by atoms with van der Waals surface area (Å²) in [7, 11) is 0. The van der Waals surface area contributed by atoms with Gasteiger partial charge in [-0.2, -0.15) is 31.4 Å². The quantitative estimate of drug-likeness (QED) is 0.596. The lowest BCUT2D eigenvalue weighted by Crippen LogP contribution is -2.29. The van der Waals surface area contributed by atoms with Crippen molar-refractivity contribution in [1.29, 1.82) is 0 Å². The Balaban J connectivity index is 2.34. The summed E-state index contributed by atoms with van der Waals surface area (Å²) in [6.07, 6.45) is -9.59. The summed E-state index contributed by atoms with van der Waals surface area (Å²) in [5.41, 5.74) is -5.86. The van der Waals surface area contributed by atoms with Crippen LogP contribution in [-0.2, 0) is 12.4 Å². The highest BCUT2D eigenvalue weighted by Gasteiger charge is 2.41. The smallest absolute Gasteiger partial charge is 0.291 e. The van der Waals surface area contributed by atoms with E-state index in [1.807, 2.05) is 0 Å². The Labute approximate surface area is 164 Å². The first-order chi connectivity index (χ1) is 13.6. The molecular weight excluding hydrogens is 418 g/mol. The van der Waals surface area contributed by atoms with E-state index in [1.54, 1.807) is 25.8 Å². The molecule has 2 heterocycles. The van der Waals surface area contributed by atoms with Gasteiger partial charge in [0.25, 0.3) is 5.56 Å². The molecule has 0 fully saturated rings. The van der Waals surface area contributed by atoms with Crippen LogP contribution in [-0.4, -0.2) is 19.7 Å². The molecule has 0 radical (unpaired) electrons. The van der Waals surface area contributed by atoms with Crippen molar-refractivity contribution in [3.05, 3.63) is 61.9 Å². The van der Waals surface area contributed by atoms with Gasteiger partial charge in [-0.05, 0) is 23.1 Å². The zero-order valence-corrected chi connectivity index (χ0v) is 15.9. The van der Waals surface area contributed by atoms with E-state index in [0.29, 0.717) is 0 Å². The molecule has 0 saturated heterocycles. The molecule has 0 saturated carbocycles. The second-order valence-electron chi connectivity index (χ2n) is 7.81. The van der Waals surface area contributed by atoms with E-state index in [2.05, 4.69) is 10.1 Å². The molecule has 1 atom stereocenters. The first kappa shape index (κ1) is 21.7. The first-order valence-corrected chi connectivity index (χ1v) is 8.60. The van der Waals surface area contributed by atoms with Crippen LogP contribution in [0.15, 0.2) is 33.9 Å². The highest BCUT2D eigenvalue weighted by atomic mass is 19.4. The summed E-state index contributed by atoms with van der Waals surface area (Å²) in [5.74, 6) is 0. The number of aromatic amines is 2. The number of alkyl halides is 6. The molecule has 162 valence electrons. The van der Waals surface area contributed by atoms with Crippen LogP contribution in [0, 0.1) is 5.41 Å². The zero-order valence-electron chi connectivity index (χ0n) is 15.9. The van der Waals surface area contributed by atoms with Gasteiger partial charge >= 0.3 is 18.0 Å². The Morgan fingerprint density at radius 1 is 0.900 bits per heavy atom. The molecule has 3 rings (SSSR count). The maximum absolute atomic E-state index is 13.5. The van der Waals surface area contributed by atoms with E-state index in [1.165, 1.54) is 0 Å². The lowest BCUT2D eigenvalue weighted by atomic mass is 9.82. The number of hydrogen-bond donors (Lipinski definition) is 2. The molecular formula is C18H16F6N4O2. The monoisotopic (exact) mass is 434 g/mol. The third-order valence-corrected chi connectivity index (χ3v) is 4.48. The van der Waals surface area contributed by atoms with Crippen LogP contribution in [0.4, 0.5) is 26.3 Å². The van der Waals surface area contributed by atoms with Crippen LogP contribution in [0.1, 0.15) is 43.6 Å². The zero-order chi connectivity index (χ0) is 22.6. The van der Waals surface area contributed by atoms with Crippen LogP contribution >= 0.6 is 0 Å². The van der Waals surface area contributed by atoms with E-state index in [-0.39, 0.29) is 5.56 Å². The van der Waals surface area contributed by atoms with E-state index >= 15 is 0 Å². The molecule has 0 unspecified atom stereocenters. The number of aromatic nitrogens is 4. The van der Waals surface area contributed by atoms with Gasteiger partial charge in [-0.25, -0.2) is 9.48 Å². The molecule has 6 nitrogen and oxygen atoms in total. The van der Waals surface area contributed by atoms with Gasteiger partial charge in [0.05, 0.1) is 11.6 Å². The number of nitrogens with zero attached hydrogens (tertiary/aromatic N) is 2. The molecule has 30 heavy (non-hydrogen) atoms. The van der Waals surface area contributed by atoms with Crippen molar-refractivity contribution in [1.82, 2.24) is 19.7 Å². The average Bonchev–Trinajstić information content (AvgIpc) is 2.93. The Bertz CT molecular complexity index is 1190. The minimum absolute atomic E-state index is 0.217. The van der Waals surface area contributed by atoms with E-state index in [0.717, 1.165) is 28.9 Å². The summed E-state index contributed by atoms with van der Waals surface area (Å²) >= 11 is 0. The highest BCUT2D eigenvalue weighted by molar-refractivity contribution is 5.78. The van der Waals surface area contributed by atoms with Crippen LogP contribution in [0.3, 0.4) is 0 Å². The van der Waals surface area contributed by atoms with Crippen molar-refractivity contribution in [2.45, 2.75) is 39.2 Å². The minimum atomic E-state index is -5.00. The average molecular weight is 434 g/mol. The molecule has 0 bridgehead atoms. The van der Waals surface area contributed by atoms with Crippen molar-refractivity contribution < 1.29 is 26.3 Å². The molecule has 3 aromatic rings. The van der Waals surface area contributed by atoms with Crippen molar-refractivity contribution in [2.24, 2.45) is 5.41 Å². The van der Waals surface area contributed by atoms with E-state index in [9.17, 15) is 35.9 Å². The summed E-state index contributed by atoms with van der Waals surface area (Å²) < 4.78 is 80.0. The molecule has 0 aliphatic heterocycles. The number of nitrogens with one attached hydrogen (secondary N) is 2. The molecule has 0 aliphatic carbocycles. The number of fused-ring (bicyclic) bond motifs is 1. The van der Waals surface area contributed by atoms with Gasteiger partial charge < -0.3 is 0 Å². The third kappa shape index (κ3) is 3.85. The predicted octanol–water partition coefficient (Wildman–Crippen LogP) is 4.09. The predicted molar refractivity (Wildman–Crippen MR) is 95.0 cm³/mol. The van der Waals surface area contributed by atoms with Gasteiger partial charge in [-0.3, -0.25) is 14.8 Å². The second kappa shape index (κ2) is 6.74. The fraction of sp³-hybridized carbons (Fsp3) is 0.389. The van der Waals surface area contributed by atoms with Crippen LogP contribution in [0.5, 0.6) is 0 Å². The summed E-state index contributed by atoms with van der Waals surface area (Å²) in [5, 5.41) is 2.70. The van der Waals surface area contributed by atoms with E-state index < -0.39 is 57.3 Å². The Morgan fingerprint density at radius 3 is 1.93 bits per heavy atom. The van der Waals surface area contributed by atoms with Gasteiger partial charge in [0.1, 0.15) is 11.0 Å². The van der Waals surface area contributed by atoms with Gasteiger partial charge in [0.15, 0.2) is 5.69 Å². The lowest BCUT2D eigenvalue weighted by Gasteiger charge is -2.32. The van der Waals surface area contributed by atoms with Gasteiger partial charge in [0.2, 0.25) is 0 Å². The standard InChI is InChI=1S/C18H16F6N4O2/c1-16(2,3)12(8-4-6-9(7-5-8)17(19,20)21)28-13-10(11(27-28)18(22,23)24)14(29)26-15(30)25-13/h4-7,12H,1-3H3,(H2,25,26,29,30)/t12-/m0/s1. The Hall–Kier alpha value is -3.05. The van der Waals surface area contributed by atoms with E-state index in [4.69, 9.17) is 0 Å². The molecule has 12 heteroatoms. The molecule has 2 aromatic heterocycles. The van der Waals surface area contributed by atoms with Crippen LogP contribution < -0.4 is 11.2 Å². The van der Waals surface area contributed by atoms with Crippen LogP contribution in [0.25, 0.3) is 11.0 Å². The Morgan fingerprint density at radius 2 is 1.47 bits per heavy atom. The number of halogens is 6. The number of H-pyrrole nitrogens is 2. The maximum Gasteiger partial charge on any atom is 0.436 e. The molecule has 1 aromatic carbocycles. The SMILES string of the molecule is CC(C)(C)[C@H](c1ccc(C(F)(F)F)cc1)n1nc(C(F)(F)F)c2c(=O)[nH]c(=O)[nH]c21. The summed E-state index contributed by atoms with van der Waals surface area (Å²) in [4.78, 5) is 27.7. The summed E-state index contributed by atoms with van der Waals surface area (Å²) in [6, 6.07) is 2.84. The van der Waals surface area contributed by atoms with Crippen molar-refractivity contribution >= 4 is 11.0 Å². The van der Waals surface area contributed by atoms with Crippen molar-refractivity contribution in [3.8, 4) is 0 Å². The molecule has 0 spiro atoms. The lowest BCUT2D eigenvalue weighted by molar-refractivity contribution is -0.140. The first-order valence-electron chi connectivity index (χ1n) is 8.60. The normalized spacial score (nSPS) is 14.3. The topological polar surface area (TPSA) is 83.5 Å². The Kier molecular flexibility index (Phi) is 4.87. The summed E-state index contributed by atoms with van der Waals surface area (Å²) in [6.45, 7) is 4.92. The molecule has 2 N–H and O–H groups in total. The largest absolute Gasteiger partial charge is 0.436 e. The second-order valence-corrected chi connectivity index (χ2v) is 7.81. The number of rotatable bonds is 2. The number of hydrogen-bond acceptors (Lipinski definition) is 3. The van der Waals surface area contributed by atoms with Gasteiger partial charge in [-0.1, -0.05) is 32.9 Å². The molecule has 0 aliphatic rings.